The second-order valence-electron chi connectivity index (χ2n) is 5.55. The number of anilines is 2. The summed E-state index contributed by atoms with van der Waals surface area (Å²) in [7, 11) is 1.86. The Bertz CT molecular complexity index is 705. The third-order valence-corrected chi connectivity index (χ3v) is 3.71. The molecule has 0 saturated heterocycles. The summed E-state index contributed by atoms with van der Waals surface area (Å²) in [6.07, 6.45) is 1.22. The number of hydrogen-bond donors (Lipinski definition) is 3. The maximum Gasteiger partial charge on any atom is 0.256 e. The van der Waals surface area contributed by atoms with Crippen LogP contribution in [0.2, 0.25) is 0 Å². The van der Waals surface area contributed by atoms with Gasteiger partial charge in [0.25, 0.3) is 5.91 Å². The second kappa shape index (κ2) is 10.5. The summed E-state index contributed by atoms with van der Waals surface area (Å²) in [6, 6.07) is 14.6. The highest BCUT2D eigenvalue weighted by molar-refractivity contribution is 6.06. The van der Waals surface area contributed by atoms with Crippen LogP contribution in [0.1, 0.15) is 28.8 Å². The molecule has 0 saturated carbocycles. The number of hydrogen-bond acceptors (Lipinski definition) is 3. The van der Waals surface area contributed by atoms with Gasteiger partial charge >= 0.3 is 0 Å². The van der Waals surface area contributed by atoms with Crippen molar-refractivity contribution in [2.75, 3.05) is 24.2 Å². The van der Waals surface area contributed by atoms with Crippen molar-refractivity contribution in [1.29, 1.82) is 0 Å². The molecule has 5 nitrogen and oxygen atoms in total. The van der Waals surface area contributed by atoms with Crippen LogP contribution in [0.5, 0.6) is 0 Å². The van der Waals surface area contributed by atoms with Crippen molar-refractivity contribution in [1.82, 2.24) is 5.32 Å². The zero-order valence-electron chi connectivity index (χ0n) is 14.5. The summed E-state index contributed by atoms with van der Waals surface area (Å²) in [4.78, 5) is 24.4. The lowest BCUT2D eigenvalue weighted by molar-refractivity contribution is -0.116. The third kappa shape index (κ3) is 6.21. The van der Waals surface area contributed by atoms with E-state index in [-0.39, 0.29) is 24.2 Å². The monoisotopic (exact) mass is 361 g/mol. The van der Waals surface area contributed by atoms with Crippen molar-refractivity contribution < 1.29 is 9.59 Å². The summed E-state index contributed by atoms with van der Waals surface area (Å²) >= 11 is 0. The molecule has 0 bridgehead atoms. The zero-order chi connectivity index (χ0) is 17.4. The first-order chi connectivity index (χ1) is 11.6. The molecule has 25 heavy (non-hydrogen) atoms. The molecule has 0 spiro atoms. The molecule has 3 N–H and O–H groups in total. The summed E-state index contributed by atoms with van der Waals surface area (Å²) in [5, 5.41) is 8.76. The molecule has 0 fully saturated rings. The van der Waals surface area contributed by atoms with E-state index in [1.165, 1.54) is 0 Å². The van der Waals surface area contributed by atoms with Crippen molar-refractivity contribution in [3.63, 3.8) is 0 Å². The average Bonchev–Trinajstić information content (AvgIpc) is 2.58. The number of halogens is 1. The van der Waals surface area contributed by atoms with Gasteiger partial charge in [-0.1, -0.05) is 24.3 Å². The molecule has 134 valence electrons. The zero-order valence-corrected chi connectivity index (χ0v) is 15.3. The van der Waals surface area contributed by atoms with E-state index in [0.717, 1.165) is 24.2 Å². The Morgan fingerprint density at radius 1 is 0.960 bits per heavy atom. The van der Waals surface area contributed by atoms with Gasteiger partial charge < -0.3 is 16.0 Å². The van der Waals surface area contributed by atoms with Crippen LogP contribution in [-0.4, -0.2) is 25.4 Å². The number of nitrogens with one attached hydrogen (secondary N) is 3. The van der Waals surface area contributed by atoms with Gasteiger partial charge in [0.1, 0.15) is 0 Å². The molecule has 0 heterocycles. The Hall–Kier alpha value is -2.37. The van der Waals surface area contributed by atoms with Gasteiger partial charge in [-0.3, -0.25) is 9.59 Å². The first kappa shape index (κ1) is 20.7. The van der Waals surface area contributed by atoms with E-state index in [4.69, 9.17) is 0 Å². The van der Waals surface area contributed by atoms with E-state index in [2.05, 4.69) is 16.0 Å². The van der Waals surface area contributed by atoms with Gasteiger partial charge in [0.05, 0.1) is 0 Å². The quantitative estimate of drug-likeness (QED) is 0.660. The molecule has 2 aromatic rings. The number of carbonyl (C=O) groups excluding carboxylic acids is 2. The van der Waals surface area contributed by atoms with E-state index in [1.54, 1.807) is 12.1 Å². The molecule has 0 aliphatic rings. The first-order valence-electron chi connectivity index (χ1n) is 8.02. The van der Waals surface area contributed by atoms with Gasteiger partial charge in [-0.05, 0) is 56.8 Å². The maximum atomic E-state index is 12.5. The molecule has 0 radical (unpaired) electrons. The fourth-order valence-corrected chi connectivity index (χ4v) is 2.38. The predicted octanol–water partition coefficient (Wildman–Crippen LogP) is 3.61. The number of benzene rings is 2. The second-order valence-corrected chi connectivity index (χ2v) is 5.55. The van der Waals surface area contributed by atoms with Crippen LogP contribution in [0.4, 0.5) is 11.4 Å². The highest BCUT2D eigenvalue weighted by Crippen LogP contribution is 2.20. The molecule has 0 aliphatic heterocycles. The first-order valence-corrected chi connectivity index (χ1v) is 8.02. The predicted molar refractivity (Wildman–Crippen MR) is 105 cm³/mol. The summed E-state index contributed by atoms with van der Waals surface area (Å²) in [6.45, 7) is 2.63. The molecule has 0 unspecified atom stereocenters. The largest absolute Gasteiger partial charge is 0.326 e. The number of para-hydroxylation sites is 1. The molecular weight excluding hydrogens is 338 g/mol. The minimum atomic E-state index is -0.190. The maximum absolute atomic E-state index is 12.5. The van der Waals surface area contributed by atoms with Crippen LogP contribution in [0, 0.1) is 6.92 Å². The third-order valence-electron chi connectivity index (χ3n) is 3.71. The van der Waals surface area contributed by atoms with Crippen LogP contribution < -0.4 is 16.0 Å². The Balaban J connectivity index is 0.00000312. The number of amides is 2. The van der Waals surface area contributed by atoms with Gasteiger partial charge in [-0.15, -0.1) is 12.4 Å². The molecule has 2 aromatic carbocycles. The van der Waals surface area contributed by atoms with Crippen LogP contribution in [0.3, 0.4) is 0 Å². The topological polar surface area (TPSA) is 70.2 Å². The molecule has 6 heteroatoms. The van der Waals surface area contributed by atoms with Crippen LogP contribution >= 0.6 is 12.4 Å². The van der Waals surface area contributed by atoms with Gasteiger partial charge in [0.15, 0.2) is 0 Å². The molecule has 2 rings (SSSR count). The summed E-state index contributed by atoms with van der Waals surface area (Å²) in [5.74, 6) is -0.237. The Labute approximate surface area is 154 Å². The molecule has 2 amide bonds. The van der Waals surface area contributed by atoms with Crippen molar-refractivity contribution >= 4 is 35.6 Å². The normalized spacial score (nSPS) is 9.84. The number of carbonyl (C=O) groups is 2. The lowest BCUT2D eigenvalue weighted by Gasteiger charge is -2.13. The van der Waals surface area contributed by atoms with Crippen molar-refractivity contribution in [2.24, 2.45) is 0 Å². The number of rotatable bonds is 7. The standard InChI is InChI=1S/C19H23N3O2.ClH/c1-14-16(19(24)21-15-8-4-3-5-9-15)10-6-11-17(14)22-18(23)12-7-13-20-2;/h3-6,8-11,20H,7,12-13H2,1-2H3,(H,21,24)(H,22,23);1H. The minimum Gasteiger partial charge on any atom is -0.326 e. The molecule has 0 atom stereocenters. The molecule has 0 aromatic heterocycles. The van der Waals surface area contributed by atoms with Crippen LogP contribution in [-0.2, 0) is 4.79 Å². The van der Waals surface area contributed by atoms with Crippen LogP contribution in [0.15, 0.2) is 48.5 Å². The highest BCUT2D eigenvalue weighted by atomic mass is 35.5. The molecule has 0 aliphatic carbocycles. The SMILES string of the molecule is CNCCCC(=O)Nc1cccc(C(=O)Nc2ccccc2)c1C.Cl. The van der Waals surface area contributed by atoms with Gasteiger partial charge in [-0.25, -0.2) is 0 Å². The fourth-order valence-electron chi connectivity index (χ4n) is 2.38. The smallest absolute Gasteiger partial charge is 0.256 e. The minimum absolute atomic E-state index is 0. The van der Waals surface area contributed by atoms with Crippen molar-refractivity contribution in [3.8, 4) is 0 Å². The lowest BCUT2D eigenvalue weighted by atomic mass is 10.1. The lowest BCUT2D eigenvalue weighted by Crippen LogP contribution is -2.18. The Morgan fingerprint density at radius 3 is 2.36 bits per heavy atom. The average molecular weight is 362 g/mol. The van der Waals surface area contributed by atoms with Crippen LogP contribution in [0.25, 0.3) is 0 Å². The summed E-state index contributed by atoms with van der Waals surface area (Å²) in [5.41, 5.74) is 2.72. The van der Waals surface area contributed by atoms with Crippen molar-refractivity contribution in [2.45, 2.75) is 19.8 Å². The van der Waals surface area contributed by atoms with E-state index in [1.807, 2.05) is 50.4 Å². The molecular formula is C19H24ClN3O2. The summed E-state index contributed by atoms with van der Waals surface area (Å²) < 4.78 is 0. The van der Waals surface area contributed by atoms with E-state index >= 15 is 0 Å². The Morgan fingerprint density at radius 2 is 1.68 bits per heavy atom. The van der Waals surface area contributed by atoms with E-state index in [0.29, 0.717) is 17.7 Å². The highest BCUT2D eigenvalue weighted by Gasteiger charge is 2.13. The van der Waals surface area contributed by atoms with Gasteiger partial charge in [0, 0.05) is 23.4 Å². The van der Waals surface area contributed by atoms with Crippen molar-refractivity contribution in [3.05, 3.63) is 59.7 Å². The fraction of sp³-hybridized carbons (Fsp3) is 0.263. The Kier molecular flexibility index (Phi) is 8.67. The van der Waals surface area contributed by atoms with Gasteiger partial charge in [0.2, 0.25) is 5.91 Å². The van der Waals surface area contributed by atoms with E-state index < -0.39 is 0 Å². The van der Waals surface area contributed by atoms with Gasteiger partial charge in [-0.2, -0.15) is 0 Å². The van der Waals surface area contributed by atoms with E-state index in [9.17, 15) is 9.59 Å².